The first kappa shape index (κ1) is 29.3. The Kier molecular flexibility index (Phi) is 8.70. The number of methoxy groups -OCH3 is 1. The van der Waals surface area contributed by atoms with Gasteiger partial charge in [0, 0.05) is 10.6 Å². The fourth-order valence-electron chi connectivity index (χ4n) is 4.19. The number of hydrogen-bond acceptors (Lipinski definition) is 7. The highest BCUT2D eigenvalue weighted by Crippen LogP contribution is 2.28. The minimum atomic E-state index is -4.00. The summed E-state index contributed by atoms with van der Waals surface area (Å²) in [7, 11) is -2.47. The van der Waals surface area contributed by atoms with Crippen molar-refractivity contribution in [2.24, 2.45) is 5.10 Å². The molecule has 5 aromatic rings. The third-order valence-corrected chi connectivity index (χ3v) is 7.99. The molecule has 0 fully saturated rings. The zero-order valence-electron chi connectivity index (χ0n) is 22.7. The molecule has 43 heavy (non-hydrogen) atoms. The van der Waals surface area contributed by atoms with Gasteiger partial charge in [-0.2, -0.15) is 5.10 Å². The first-order valence-electron chi connectivity index (χ1n) is 12.8. The predicted octanol–water partition coefficient (Wildman–Crippen LogP) is 6.29. The van der Waals surface area contributed by atoms with Gasteiger partial charge in [-0.1, -0.05) is 54.1 Å². The second-order valence-electron chi connectivity index (χ2n) is 9.12. The van der Waals surface area contributed by atoms with Gasteiger partial charge in [-0.05, 0) is 77.5 Å². The Bertz CT molecular complexity index is 1940. The van der Waals surface area contributed by atoms with Crippen molar-refractivity contribution < 1.29 is 27.5 Å². The Morgan fingerprint density at radius 2 is 1.53 bits per heavy atom. The molecule has 0 unspecified atom stereocenters. The molecule has 9 nitrogen and oxygen atoms in total. The minimum Gasteiger partial charge on any atom is -0.497 e. The molecule has 1 amide bonds. The average molecular weight is 614 g/mol. The van der Waals surface area contributed by atoms with Gasteiger partial charge in [0.05, 0.1) is 35.0 Å². The van der Waals surface area contributed by atoms with Gasteiger partial charge in [0.1, 0.15) is 11.5 Å². The fraction of sp³-hybridized carbons (Fsp3) is 0.0312. The van der Waals surface area contributed by atoms with Gasteiger partial charge in [-0.3, -0.25) is 9.52 Å². The number of benzene rings is 5. The van der Waals surface area contributed by atoms with Crippen LogP contribution in [0.25, 0.3) is 10.8 Å². The van der Waals surface area contributed by atoms with Crippen LogP contribution in [0.5, 0.6) is 11.5 Å². The summed E-state index contributed by atoms with van der Waals surface area (Å²) < 4.78 is 39.1. The van der Waals surface area contributed by atoms with Crippen LogP contribution >= 0.6 is 11.6 Å². The molecule has 11 heteroatoms. The first-order valence-corrected chi connectivity index (χ1v) is 14.7. The van der Waals surface area contributed by atoms with E-state index < -0.39 is 21.9 Å². The zero-order chi connectivity index (χ0) is 30.4. The number of fused-ring (bicyclic) bond motifs is 1. The average Bonchev–Trinajstić information content (AvgIpc) is 3.02. The summed E-state index contributed by atoms with van der Waals surface area (Å²) in [5, 5.41) is 6.10. The summed E-state index contributed by atoms with van der Waals surface area (Å²) in [6.45, 7) is 0. The van der Waals surface area contributed by atoms with Crippen molar-refractivity contribution in [2.45, 2.75) is 4.90 Å². The molecule has 0 aromatic heterocycles. The van der Waals surface area contributed by atoms with Crippen LogP contribution in [0.3, 0.4) is 0 Å². The highest BCUT2D eigenvalue weighted by molar-refractivity contribution is 7.92. The van der Waals surface area contributed by atoms with Crippen LogP contribution in [0.2, 0.25) is 5.02 Å². The summed E-state index contributed by atoms with van der Waals surface area (Å²) in [5.41, 5.74) is 3.31. The Labute approximate surface area is 252 Å². The van der Waals surface area contributed by atoms with Crippen LogP contribution in [-0.4, -0.2) is 33.6 Å². The second-order valence-corrected chi connectivity index (χ2v) is 11.2. The molecule has 0 saturated heterocycles. The maximum atomic E-state index is 13.1. The maximum absolute atomic E-state index is 13.1. The Morgan fingerprint density at radius 3 is 2.28 bits per heavy atom. The molecule has 5 rings (SSSR count). The Balaban J connectivity index is 1.38. The van der Waals surface area contributed by atoms with Crippen molar-refractivity contribution in [2.75, 3.05) is 11.8 Å². The lowest BCUT2D eigenvalue weighted by Crippen LogP contribution is -2.21. The number of anilines is 1. The number of halogens is 1. The molecule has 0 saturated carbocycles. The first-order chi connectivity index (χ1) is 20.7. The van der Waals surface area contributed by atoms with E-state index in [1.807, 2.05) is 30.3 Å². The van der Waals surface area contributed by atoms with Crippen molar-refractivity contribution in [1.29, 1.82) is 0 Å². The standard InChI is InChI=1S/C32H24ClN3O6S/c1-41-24-15-10-22(11-16-24)32(38)42-30-19-12-21-6-2-3-7-26(21)28(30)20-34-35-31(37)27-8-4-5-9-29(27)36-43(39,40)25-17-13-23(33)14-18-25/h2-20,36H,1H3,(H,35,37). The van der Waals surface area contributed by atoms with Crippen molar-refractivity contribution in [3.63, 3.8) is 0 Å². The van der Waals surface area contributed by atoms with Gasteiger partial charge in [-0.25, -0.2) is 18.6 Å². The third kappa shape index (κ3) is 6.83. The van der Waals surface area contributed by atoms with Gasteiger partial charge in [0.25, 0.3) is 15.9 Å². The second kappa shape index (κ2) is 12.8. The summed E-state index contributed by atoms with van der Waals surface area (Å²) in [4.78, 5) is 26.0. The van der Waals surface area contributed by atoms with E-state index in [1.165, 1.54) is 49.7 Å². The van der Waals surface area contributed by atoms with E-state index in [9.17, 15) is 18.0 Å². The van der Waals surface area contributed by atoms with Gasteiger partial charge in [0.2, 0.25) is 0 Å². The number of carbonyl (C=O) groups excluding carboxylic acids is 2. The fourth-order valence-corrected chi connectivity index (χ4v) is 5.39. The number of nitrogens with zero attached hydrogens (tertiary/aromatic N) is 1. The molecule has 0 aliphatic carbocycles. The van der Waals surface area contributed by atoms with Crippen molar-refractivity contribution >= 4 is 56.2 Å². The zero-order valence-corrected chi connectivity index (χ0v) is 24.2. The van der Waals surface area contributed by atoms with Crippen LogP contribution in [0, 0.1) is 0 Å². The van der Waals surface area contributed by atoms with Crippen LogP contribution in [0.4, 0.5) is 5.69 Å². The molecular weight excluding hydrogens is 590 g/mol. The van der Waals surface area contributed by atoms with Crippen LogP contribution < -0.4 is 19.6 Å². The summed E-state index contributed by atoms with van der Waals surface area (Å²) in [5.74, 6) is -0.417. The number of ether oxygens (including phenoxy) is 2. The van der Waals surface area contributed by atoms with Crippen LogP contribution in [0.15, 0.2) is 119 Å². The molecule has 0 bridgehead atoms. The van der Waals surface area contributed by atoms with Crippen molar-refractivity contribution in [3.8, 4) is 11.5 Å². The maximum Gasteiger partial charge on any atom is 0.343 e. The summed E-state index contributed by atoms with van der Waals surface area (Å²) in [6, 6.07) is 29.1. The smallest absolute Gasteiger partial charge is 0.343 e. The third-order valence-electron chi connectivity index (χ3n) is 6.36. The number of carbonyl (C=O) groups is 2. The van der Waals surface area contributed by atoms with E-state index in [-0.39, 0.29) is 21.9 Å². The molecule has 216 valence electrons. The quantitative estimate of drug-likeness (QED) is 0.0872. The number of sulfonamides is 1. The lowest BCUT2D eigenvalue weighted by molar-refractivity contribution is 0.0734. The number of para-hydroxylation sites is 1. The number of amides is 1. The normalized spacial score (nSPS) is 11.3. The number of esters is 1. The molecule has 5 aromatic carbocycles. The van der Waals surface area contributed by atoms with Gasteiger partial charge in [-0.15, -0.1) is 0 Å². The van der Waals surface area contributed by atoms with Gasteiger partial charge in [0.15, 0.2) is 0 Å². The molecule has 2 N–H and O–H groups in total. The monoisotopic (exact) mass is 613 g/mol. The molecule has 0 spiro atoms. The number of hydrazone groups is 1. The topological polar surface area (TPSA) is 123 Å². The van der Waals surface area contributed by atoms with Crippen molar-refractivity contribution in [1.82, 2.24) is 5.43 Å². The molecular formula is C32H24ClN3O6S. The number of rotatable bonds is 9. The number of nitrogens with one attached hydrogen (secondary N) is 2. The highest BCUT2D eigenvalue weighted by Gasteiger charge is 2.19. The minimum absolute atomic E-state index is 0.0159. The van der Waals surface area contributed by atoms with E-state index in [4.69, 9.17) is 21.1 Å². The number of hydrogen-bond donors (Lipinski definition) is 2. The predicted molar refractivity (Wildman–Crippen MR) is 166 cm³/mol. The van der Waals surface area contributed by atoms with Crippen molar-refractivity contribution in [3.05, 3.63) is 131 Å². The van der Waals surface area contributed by atoms with E-state index in [1.54, 1.807) is 42.5 Å². The molecule has 0 radical (unpaired) electrons. The molecule has 0 aliphatic rings. The van der Waals surface area contributed by atoms with Crippen LogP contribution in [-0.2, 0) is 10.0 Å². The van der Waals surface area contributed by atoms with Gasteiger partial charge >= 0.3 is 5.97 Å². The highest BCUT2D eigenvalue weighted by atomic mass is 35.5. The van der Waals surface area contributed by atoms with E-state index in [0.29, 0.717) is 21.9 Å². The van der Waals surface area contributed by atoms with Crippen LogP contribution in [0.1, 0.15) is 26.3 Å². The summed E-state index contributed by atoms with van der Waals surface area (Å²) in [6.07, 6.45) is 1.37. The SMILES string of the molecule is COc1ccc(C(=O)Oc2ccc3ccccc3c2C=NNC(=O)c2ccccc2NS(=O)(=O)c2ccc(Cl)cc2)cc1. The van der Waals surface area contributed by atoms with E-state index in [2.05, 4.69) is 15.2 Å². The Morgan fingerprint density at radius 1 is 0.837 bits per heavy atom. The molecule has 0 aliphatic heterocycles. The van der Waals surface area contributed by atoms with E-state index in [0.717, 1.165) is 10.8 Å². The molecule has 0 atom stereocenters. The van der Waals surface area contributed by atoms with E-state index >= 15 is 0 Å². The largest absolute Gasteiger partial charge is 0.497 e. The Hall–Kier alpha value is -5.19. The lowest BCUT2D eigenvalue weighted by Gasteiger charge is -2.12. The van der Waals surface area contributed by atoms with Gasteiger partial charge < -0.3 is 9.47 Å². The summed E-state index contributed by atoms with van der Waals surface area (Å²) >= 11 is 5.88. The lowest BCUT2D eigenvalue weighted by atomic mass is 10.0. The molecule has 0 heterocycles.